The van der Waals surface area contributed by atoms with Gasteiger partial charge in [0.05, 0.1) is 17.2 Å². The van der Waals surface area contributed by atoms with Crippen molar-refractivity contribution in [1.29, 1.82) is 5.26 Å². The molecular formula is C29H26Cl2FN3O3. The number of halogens is 3. The summed E-state index contributed by atoms with van der Waals surface area (Å²) in [5.74, 6) is 0.818. The first-order valence-electron chi connectivity index (χ1n) is 11.7. The molecule has 0 aliphatic carbocycles. The number of hydrogen-bond donors (Lipinski definition) is 2. The lowest BCUT2D eigenvalue weighted by Gasteiger charge is -2.15. The Morgan fingerprint density at radius 3 is 2.55 bits per heavy atom. The van der Waals surface area contributed by atoms with Crippen LogP contribution in [-0.2, 0) is 19.8 Å². The van der Waals surface area contributed by atoms with Gasteiger partial charge >= 0.3 is 0 Å². The molecule has 6 nitrogen and oxygen atoms in total. The van der Waals surface area contributed by atoms with Crippen molar-refractivity contribution in [2.45, 2.75) is 19.8 Å². The summed E-state index contributed by atoms with van der Waals surface area (Å²) in [6, 6.07) is 21.2. The largest absolute Gasteiger partial charge is 0.489 e. The summed E-state index contributed by atoms with van der Waals surface area (Å²) in [4.78, 5) is 4.07. The summed E-state index contributed by atoms with van der Waals surface area (Å²) in [6.07, 6.45) is 3.14. The van der Waals surface area contributed by atoms with Gasteiger partial charge in [-0.3, -0.25) is 4.98 Å². The topological polar surface area (TPSA) is 87.4 Å². The van der Waals surface area contributed by atoms with Crippen molar-refractivity contribution in [3.8, 4) is 28.7 Å². The Morgan fingerprint density at radius 2 is 1.76 bits per heavy atom. The lowest BCUT2D eigenvalue weighted by atomic mass is 10.0. The van der Waals surface area contributed by atoms with Gasteiger partial charge in [-0.15, -0.1) is 12.4 Å². The molecule has 4 aromatic rings. The molecule has 0 spiro atoms. The van der Waals surface area contributed by atoms with Gasteiger partial charge < -0.3 is 19.9 Å². The summed E-state index contributed by atoms with van der Waals surface area (Å²) >= 11 is 6.62. The molecule has 0 unspecified atom stereocenters. The van der Waals surface area contributed by atoms with Gasteiger partial charge in [-0.25, -0.2) is 4.39 Å². The number of aliphatic hydroxyl groups excluding tert-OH is 1. The average Bonchev–Trinajstić information content (AvgIpc) is 2.93. The van der Waals surface area contributed by atoms with Crippen molar-refractivity contribution >= 4 is 24.0 Å². The lowest BCUT2D eigenvalue weighted by Crippen LogP contribution is -2.18. The minimum atomic E-state index is -0.342. The second-order valence-electron chi connectivity index (χ2n) is 8.20. The van der Waals surface area contributed by atoms with Gasteiger partial charge in [0.25, 0.3) is 0 Å². The Kier molecular flexibility index (Phi) is 10.9. The van der Waals surface area contributed by atoms with Gasteiger partial charge in [-0.1, -0.05) is 54.1 Å². The van der Waals surface area contributed by atoms with Gasteiger partial charge in [0, 0.05) is 59.4 Å². The average molecular weight is 554 g/mol. The summed E-state index contributed by atoms with van der Waals surface area (Å²) < 4.78 is 26.4. The fourth-order valence-electron chi connectivity index (χ4n) is 3.74. The highest BCUT2D eigenvalue weighted by molar-refractivity contribution is 6.34. The maximum Gasteiger partial charge on any atom is 0.131 e. The van der Waals surface area contributed by atoms with Crippen LogP contribution >= 0.6 is 24.0 Å². The summed E-state index contributed by atoms with van der Waals surface area (Å²) in [5, 5.41) is 21.8. The predicted molar refractivity (Wildman–Crippen MR) is 147 cm³/mol. The Balaban J connectivity index is 0.00000400. The fourth-order valence-corrected chi connectivity index (χ4v) is 4.02. The van der Waals surface area contributed by atoms with Crippen LogP contribution in [0.1, 0.15) is 22.3 Å². The van der Waals surface area contributed by atoms with Gasteiger partial charge in [0.15, 0.2) is 0 Å². The molecule has 2 N–H and O–H groups in total. The van der Waals surface area contributed by atoms with Crippen LogP contribution in [0.15, 0.2) is 79.1 Å². The number of aliphatic hydroxyl groups is 1. The van der Waals surface area contributed by atoms with Gasteiger partial charge in [0.2, 0.25) is 0 Å². The van der Waals surface area contributed by atoms with Crippen LogP contribution in [0.25, 0.3) is 11.1 Å². The number of hydrogen-bond acceptors (Lipinski definition) is 6. The fraction of sp³-hybridized carbons (Fsp3) is 0.172. The second kappa shape index (κ2) is 14.3. The normalized spacial score (nSPS) is 10.4. The quantitative estimate of drug-likeness (QED) is 0.219. The molecule has 0 aliphatic heterocycles. The highest BCUT2D eigenvalue weighted by atomic mass is 35.5. The molecule has 0 atom stereocenters. The van der Waals surface area contributed by atoms with E-state index < -0.39 is 0 Å². The Bertz CT molecular complexity index is 1410. The molecule has 0 radical (unpaired) electrons. The monoisotopic (exact) mass is 553 g/mol. The zero-order valence-electron chi connectivity index (χ0n) is 20.4. The van der Waals surface area contributed by atoms with Crippen LogP contribution in [0.4, 0.5) is 4.39 Å². The Labute approximate surface area is 232 Å². The first kappa shape index (κ1) is 28.9. The van der Waals surface area contributed by atoms with Crippen LogP contribution < -0.4 is 14.8 Å². The molecule has 196 valence electrons. The lowest BCUT2D eigenvalue weighted by molar-refractivity contribution is 0.282. The van der Waals surface area contributed by atoms with Crippen molar-refractivity contribution in [2.75, 3.05) is 13.2 Å². The smallest absolute Gasteiger partial charge is 0.131 e. The van der Waals surface area contributed by atoms with E-state index in [9.17, 15) is 4.39 Å². The first-order chi connectivity index (χ1) is 18.1. The van der Waals surface area contributed by atoms with E-state index in [1.54, 1.807) is 42.6 Å². The molecule has 9 heteroatoms. The molecule has 0 amide bonds. The van der Waals surface area contributed by atoms with Gasteiger partial charge in [-0.05, 0) is 18.2 Å². The van der Waals surface area contributed by atoms with Gasteiger partial charge in [-0.2, -0.15) is 5.26 Å². The maximum atomic E-state index is 14.3. The molecule has 0 bridgehead atoms. The van der Waals surface area contributed by atoms with Crippen molar-refractivity contribution in [3.63, 3.8) is 0 Å². The zero-order valence-corrected chi connectivity index (χ0v) is 21.9. The number of nitriles is 1. The van der Waals surface area contributed by atoms with E-state index in [1.165, 1.54) is 12.3 Å². The number of nitrogens with one attached hydrogen (secondary N) is 1. The molecule has 3 aromatic carbocycles. The molecule has 0 aliphatic rings. The number of rotatable bonds is 11. The third-order valence-corrected chi connectivity index (χ3v) is 6.04. The molecule has 1 aromatic heterocycles. The Morgan fingerprint density at radius 1 is 0.947 bits per heavy atom. The summed E-state index contributed by atoms with van der Waals surface area (Å²) in [6.45, 7) is 1.36. The van der Waals surface area contributed by atoms with Crippen LogP contribution in [0.2, 0.25) is 5.02 Å². The van der Waals surface area contributed by atoms with E-state index in [4.69, 9.17) is 31.4 Å². The molecule has 1 heterocycles. The van der Waals surface area contributed by atoms with Crippen LogP contribution in [0.5, 0.6) is 11.5 Å². The van der Waals surface area contributed by atoms with Crippen molar-refractivity contribution in [1.82, 2.24) is 10.3 Å². The molecule has 0 saturated heterocycles. The number of nitrogens with zero attached hydrogens (tertiary/aromatic N) is 2. The zero-order chi connectivity index (χ0) is 26.0. The molecule has 0 fully saturated rings. The third kappa shape index (κ3) is 7.44. The van der Waals surface area contributed by atoms with Crippen molar-refractivity contribution < 1.29 is 19.0 Å². The van der Waals surface area contributed by atoms with Crippen LogP contribution in [0, 0.1) is 17.1 Å². The third-order valence-electron chi connectivity index (χ3n) is 5.60. The van der Waals surface area contributed by atoms with E-state index in [0.29, 0.717) is 46.3 Å². The maximum absolute atomic E-state index is 14.3. The molecule has 38 heavy (non-hydrogen) atoms. The predicted octanol–water partition coefficient (Wildman–Crippen LogP) is 6.07. The van der Waals surface area contributed by atoms with Crippen LogP contribution in [-0.4, -0.2) is 23.2 Å². The van der Waals surface area contributed by atoms with Crippen molar-refractivity contribution in [3.05, 3.63) is 112 Å². The Hall–Kier alpha value is -3.67. The second-order valence-corrected chi connectivity index (χ2v) is 8.58. The van der Waals surface area contributed by atoms with Crippen LogP contribution in [0.3, 0.4) is 0 Å². The SMILES string of the molecule is Cl.N#Cc1cncc(COc2cc(OCc3cccc(-c4ccccc4F)c3Cl)ccc2CNCCO)c1. The number of ether oxygens (including phenoxy) is 2. The van der Waals surface area contributed by atoms with E-state index in [2.05, 4.69) is 16.4 Å². The molecular weight excluding hydrogens is 528 g/mol. The number of benzene rings is 3. The molecule has 0 saturated carbocycles. The van der Waals surface area contributed by atoms with Gasteiger partial charge in [0.1, 0.15) is 36.6 Å². The standard InChI is InChI=1S/C29H25ClFN3O3.ClH/c30-29-23(4-3-6-26(29)25-5-1-2-7-27(25)31)19-36-24-9-8-22(17-33-10-11-35)28(13-24)37-18-21-12-20(14-32)15-34-16-21;/h1-9,12-13,15-16,33,35H,10-11,17-19H2;1H. The molecule has 4 rings (SSSR count). The van der Waals surface area contributed by atoms with Crippen molar-refractivity contribution in [2.24, 2.45) is 0 Å². The minimum absolute atomic E-state index is 0. The summed E-state index contributed by atoms with van der Waals surface area (Å²) in [7, 11) is 0. The number of pyridine rings is 1. The number of aromatic nitrogens is 1. The van der Waals surface area contributed by atoms with E-state index >= 15 is 0 Å². The minimum Gasteiger partial charge on any atom is -0.489 e. The highest BCUT2D eigenvalue weighted by Gasteiger charge is 2.13. The van der Waals surface area contributed by atoms with E-state index in [-0.39, 0.29) is 38.0 Å². The van der Waals surface area contributed by atoms with E-state index in [1.807, 2.05) is 24.3 Å². The summed E-state index contributed by atoms with van der Waals surface area (Å²) in [5.41, 5.74) is 3.85. The van der Waals surface area contributed by atoms with E-state index in [0.717, 1.165) is 16.7 Å². The first-order valence-corrected chi connectivity index (χ1v) is 12.0. The highest BCUT2D eigenvalue weighted by Crippen LogP contribution is 2.33.